The fourth-order valence-corrected chi connectivity index (χ4v) is 5.64. The number of unbranched alkanes of at least 4 members (excludes halogenated alkanes) is 1. The first-order valence-corrected chi connectivity index (χ1v) is 13.7. The van der Waals surface area contributed by atoms with Gasteiger partial charge in [0.15, 0.2) is 6.61 Å². The highest BCUT2D eigenvalue weighted by Crippen LogP contribution is 2.28. The summed E-state index contributed by atoms with van der Waals surface area (Å²) < 4.78 is 14.6. The standard InChI is InChI=1S/C24H24BrI2N3O4/c1-4-5-6-21-29-20-8-7-16(25)11-17(20)24(32)30(21)28-12-15-9-18(26)23(19(27)10-15)33-13-22(31)34-14(2)3/h7-12,14H,4-6,13H2,1-3H3. The average Bonchev–Trinajstić information content (AvgIpc) is 2.76. The van der Waals surface area contributed by atoms with Gasteiger partial charge >= 0.3 is 5.97 Å². The Morgan fingerprint density at radius 1 is 1.24 bits per heavy atom. The second-order valence-corrected chi connectivity index (χ2v) is 11.0. The SMILES string of the molecule is CCCCc1nc2ccc(Br)cc2c(=O)n1N=Cc1cc(I)c(OCC(=O)OC(C)C)c(I)c1. The Bertz CT molecular complexity index is 1270. The maximum atomic E-state index is 13.2. The molecule has 3 aromatic rings. The van der Waals surface area contributed by atoms with Crippen molar-refractivity contribution >= 4 is 84.2 Å². The van der Waals surface area contributed by atoms with Crippen molar-refractivity contribution in [2.75, 3.05) is 6.61 Å². The molecule has 0 amide bonds. The number of hydrogen-bond donors (Lipinski definition) is 0. The van der Waals surface area contributed by atoms with Gasteiger partial charge in [0.1, 0.15) is 11.6 Å². The Morgan fingerprint density at radius 3 is 2.59 bits per heavy atom. The van der Waals surface area contributed by atoms with Crippen molar-refractivity contribution in [3.05, 3.63) is 63.7 Å². The van der Waals surface area contributed by atoms with Gasteiger partial charge in [0.25, 0.3) is 5.56 Å². The Morgan fingerprint density at radius 2 is 1.94 bits per heavy atom. The Labute approximate surface area is 233 Å². The van der Waals surface area contributed by atoms with Crippen molar-refractivity contribution in [3.63, 3.8) is 0 Å². The van der Waals surface area contributed by atoms with Crippen LogP contribution in [0.15, 0.2) is 44.7 Å². The summed E-state index contributed by atoms with van der Waals surface area (Å²) >= 11 is 7.74. The molecule has 0 fully saturated rings. The summed E-state index contributed by atoms with van der Waals surface area (Å²) in [6, 6.07) is 9.25. The zero-order valence-electron chi connectivity index (χ0n) is 19.0. The highest BCUT2D eigenvalue weighted by atomic mass is 127. The van der Waals surface area contributed by atoms with E-state index in [9.17, 15) is 9.59 Å². The maximum absolute atomic E-state index is 13.2. The number of halogens is 3. The molecule has 0 aliphatic rings. The van der Waals surface area contributed by atoms with Crippen molar-refractivity contribution in [1.82, 2.24) is 9.66 Å². The summed E-state index contributed by atoms with van der Waals surface area (Å²) in [5.41, 5.74) is 1.25. The van der Waals surface area contributed by atoms with Crippen LogP contribution in [0.1, 0.15) is 45.0 Å². The Kier molecular flexibility index (Phi) is 9.89. The third-order valence-corrected chi connectivity index (χ3v) is 6.77. The molecule has 0 radical (unpaired) electrons. The predicted molar refractivity (Wildman–Crippen MR) is 154 cm³/mol. The minimum Gasteiger partial charge on any atom is -0.480 e. The van der Waals surface area contributed by atoms with Gasteiger partial charge in [-0.1, -0.05) is 29.3 Å². The van der Waals surface area contributed by atoms with E-state index in [4.69, 9.17) is 14.5 Å². The highest BCUT2D eigenvalue weighted by molar-refractivity contribution is 14.1. The van der Waals surface area contributed by atoms with E-state index in [0.717, 1.165) is 30.0 Å². The molecule has 3 rings (SSSR count). The molecule has 1 heterocycles. The van der Waals surface area contributed by atoms with Gasteiger partial charge in [-0.05, 0) is 101 Å². The molecule has 0 atom stereocenters. The number of hydrogen-bond acceptors (Lipinski definition) is 6. The Balaban J connectivity index is 1.92. The molecule has 1 aromatic heterocycles. The molecule has 0 saturated carbocycles. The summed E-state index contributed by atoms with van der Waals surface area (Å²) in [4.78, 5) is 29.7. The lowest BCUT2D eigenvalue weighted by molar-refractivity contribution is -0.149. The number of fused-ring (bicyclic) bond motifs is 1. The van der Waals surface area contributed by atoms with Gasteiger partial charge in [-0.3, -0.25) is 4.79 Å². The lowest BCUT2D eigenvalue weighted by Gasteiger charge is -2.12. The van der Waals surface area contributed by atoms with Crippen LogP contribution in [0, 0.1) is 7.14 Å². The maximum Gasteiger partial charge on any atom is 0.344 e. The average molecular weight is 752 g/mol. The van der Waals surface area contributed by atoms with Crippen LogP contribution in [0.2, 0.25) is 0 Å². The van der Waals surface area contributed by atoms with Crippen LogP contribution in [-0.4, -0.2) is 34.6 Å². The van der Waals surface area contributed by atoms with Crippen LogP contribution >= 0.6 is 61.1 Å². The number of aryl methyl sites for hydroxylation is 1. The van der Waals surface area contributed by atoms with Gasteiger partial charge in [0.05, 0.1) is 30.4 Å². The second kappa shape index (κ2) is 12.4. The van der Waals surface area contributed by atoms with E-state index in [1.807, 2.05) is 24.3 Å². The third kappa shape index (κ3) is 7.00. The van der Waals surface area contributed by atoms with Crippen LogP contribution < -0.4 is 10.3 Å². The van der Waals surface area contributed by atoms with Crippen molar-refractivity contribution in [1.29, 1.82) is 0 Å². The number of carbonyl (C=O) groups is 1. The van der Waals surface area contributed by atoms with E-state index in [1.165, 1.54) is 4.68 Å². The third-order valence-electron chi connectivity index (χ3n) is 4.67. The summed E-state index contributed by atoms with van der Waals surface area (Å²) in [6.45, 7) is 5.52. The number of ether oxygens (including phenoxy) is 2. The number of carbonyl (C=O) groups excluding carboxylic acids is 1. The molecule has 0 bridgehead atoms. The molecule has 0 spiro atoms. The number of benzene rings is 2. The first-order valence-electron chi connectivity index (χ1n) is 10.8. The molecule has 0 aliphatic heterocycles. The number of nitrogens with zero attached hydrogens (tertiary/aromatic N) is 3. The van der Waals surface area contributed by atoms with Crippen molar-refractivity contribution in [2.24, 2.45) is 5.10 Å². The first kappa shape index (κ1) is 27.1. The van der Waals surface area contributed by atoms with E-state index in [-0.39, 0.29) is 18.3 Å². The number of aromatic nitrogens is 2. The van der Waals surface area contributed by atoms with Gasteiger partial charge < -0.3 is 9.47 Å². The topological polar surface area (TPSA) is 82.8 Å². The summed E-state index contributed by atoms with van der Waals surface area (Å²) in [5.74, 6) is 0.824. The van der Waals surface area contributed by atoms with Crippen molar-refractivity contribution < 1.29 is 14.3 Å². The van der Waals surface area contributed by atoms with Gasteiger partial charge in [0.2, 0.25) is 0 Å². The summed E-state index contributed by atoms with van der Waals surface area (Å²) in [6.07, 6.45) is 4.00. The van der Waals surface area contributed by atoms with Gasteiger partial charge in [-0.15, -0.1) is 0 Å². The molecule has 34 heavy (non-hydrogen) atoms. The van der Waals surface area contributed by atoms with Crippen molar-refractivity contribution in [3.8, 4) is 5.75 Å². The molecule has 0 aliphatic carbocycles. The smallest absolute Gasteiger partial charge is 0.344 e. The molecule has 2 aromatic carbocycles. The van der Waals surface area contributed by atoms with E-state index >= 15 is 0 Å². The molecular weight excluding hydrogens is 728 g/mol. The van der Waals surface area contributed by atoms with E-state index in [2.05, 4.69) is 73.1 Å². The minimum absolute atomic E-state index is 0.161. The largest absolute Gasteiger partial charge is 0.480 e. The van der Waals surface area contributed by atoms with Crippen LogP contribution in [-0.2, 0) is 16.0 Å². The molecule has 7 nitrogen and oxygen atoms in total. The molecule has 0 unspecified atom stereocenters. The van der Waals surface area contributed by atoms with E-state index < -0.39 is 5.97 Å². The summed E-state index contributed by atoms with van der Waals surface area (Å²) in [7, 11) is 0. The fourth-order valence-electron chi connectivity index (χ4n) is 3.15. The van der Waals surface area contributed by atoms with Crippen LogP contribution in [0.25, 0.3) is 10.9 Å². The zero-order valence-corrected chi connectivity index (χ0v) is 24.9. The second-order valence-electron chi connectivity index (χ2n) is 7.80. The highest BCUT2D eigenvalue weighted by Gasteiger charge is 2.14. The molecule has 0 saturated heterocycles. The molecule has 10 heteroatoms. The van der Waals surface area contributed by atoms with Gasteiger partial charge in [0, 0.05) is 10.9 Å². The zero-order chi connectivity index (χ0) is 24.8. The lowest BCUT2D eigenvalue weighted by Crippen LogP contribution is -2.22. The monoisotopic (exact) mass is 751 g/mol. The summed E-state index contributed by atoms with van der Waals surface area (Å²) in [5, 5.41) is 5.01. The van der Waals surface area contributed by atoms with Crippen LogP contribution in [0.3, 0.4) is 0 Å². The first-order chi connectivity index (χ1) is 16.2. The lowest BCUT2D eigenvalue weighted by atomic mass is 10.2. The van der Waals surface area contributed by atoms with E-state index in [0.29, 0.717) is 28.9 Å². The molecule has 0 N–H and O–H groups in total. The number of rotatable bonds is 9. The van der Waals surface area contributed by atoms with Crippen LogP contribution in [0.4, 0.5) is 0 Å². The normalized spacial score (nSPS) is 11.5. The van der Waals surface area contributed by atoms with Gasteiger partial charge in [-0.2, -0.15) is 9.78 Å². The van der Waals surface area contributed by atoms with E-state index in [1.54, 1.807) is 26.1 Å². The predicted octanol–water partition coefficient (Wildman–Crippen LogP) is 5.92. The van der Waals surface area contributed by atoms with Crippen molar-refractivity contribution in [2.45, 2.75) is 46.1 Å². The van der Waals surface area contributed by atoms with Crippen LogP contribution in [0.5, 0.6) is 5.75 Å². The number of esters is 1. The fraction of sp³-hybridized carbons (Fsp3) is 0.333. The minimum atomic E-state index is -0.415. The quantitative estimate of drug-likeness (QED) is 0.154. The van der Waals surface area contributed by atoms with Gasteiger partial charge in [-0.25, -0.2) is 9.78 Å². The molecular formula is C24H24BrI2N3O4. The Hall–Kier alpha value is -1.54. The molecule has 180 valence electrons.